The van der Waals surface area contributed by atoms with E-state index in [2.05, 4.69) is 20.5 Å². The Bertz CT molecular complexity index is 1520. The first-order valence-corrected chi connectivity index (χ1v) is 15.4. The number of hydroxylamine groups is 1. The zero-order valence-corrected chi connectivity index (χ0v) is 24.6. The minimum absolute atomic E-state index is 0.0914. The van der Waals surface area contributed by atoms with Crippen molar-refractivity contribution >= 4 is 38.7 Å². The lowest BCUT2D eigenvalue weighted by molar-refractivity contribution is -0.154. The molecule has 0 bridgehead atoms. The standard InChI is InChI=1S/C30H36N4O7S/c1-30(2,3)34-42(38,39)18-17-25-28(40-25)24(19-20-9-5-4-6-10-20)33-41-27(36)16-15-26(35)32-29(37)23-14-13-21-11-7-8-12-22(21)31-23/h4-14,24-25,28,33-34H,15-19H2,1-3H3,(H,32,35,37)/t24-,25-,28+/m0/s1. The van der Waals surface area contributed by atoms with Crippen LogP contribution >= 0.6 is 0 Å². The highest BCUT2D eigenvalue weighted by Gasteiger charge is 2.45. The molecule has 1 aromatic heterocycles. The number of aromatic nitrogens is 1. The van der Waals surface area contributed by atoms with Crippen molar-refractivity contribution in [2.45, 2.75) is 70.2 Å². The summed E-state index contributed by atoms with van der Waals surface area (Å²) in [4.78, 5) is 46.7. The summed E-state index contributed by atoms with van der Waals surface area (Å²) in [5, 5.41) is 3.11. The highest BCUT2D eigenvalue weighted by atomic mass is 32.2. The van der Waals surface area contributed by atoms with E-state index in [1.54, 1.807) is 39.0 Å². The molecule has 1 saturated heterocycles. The van der Waals surface area contributed by atoms with Crippen molar-refractivity contribution < 1.29 is 32.4 Å². The lowest BCUT2D eigenvalue weighted by Gasteiger charge is -2.20. The van der Waals surface area contributed by atoms with E-state index in [4.69, 9.17) is 9.57 Å². The maximum absolute atomic E-state index is 12.4. The fourth-order valence-electron chi connectivity index (χ4n) is 4.48. The molecule has 0 spiro atoms. The summed E-state index contributed by atoms with van der Waals surface area (Å²) in [6, 6.07) is 19.7. The second-order valence-electron chi connectivity index (χ2n) is 11.3. The lowest BCUT2D eigenvalue weighted by Crippen LogP contribution is -2.42. The molecule has 0 radical (unpaired) electrons. The van der Waals surface area contributed by atoms with Crippen molar-refractivity contribution in [2.24, 2.45) is 0 Å². The molecule has 2 heterocycles. The summed E-state index contributed by atoms with van der Waals surface area (Å²) >= 11 is 0. The zero-order chi connectivity index (χ0) is 30.3. The van der Waals surface area contributed by atoms with Gasteiger partial charge in [0.15, 0.2) is 0 Å². The molecule has 1 aliphatic rings. The smallest absolute Gasteiger partial charge is 0.325 e. The Kier molecular flexibility index (Phi) is 10.0. The third-order valence-corrected chi connectivity index (χ3v) is 8.11. The number of pyridine rings is 1. The lowest BCUT2D eigenvalue weighted by atomic mass is 10.0. The molecular formula is C30H36N4O7S. The van der Waals surface area contributed by atoms with Crippen LogP contribution in [0.3, 0.4) is 0 Å². The number of hydrogen-bond acceptors (Lipinski definition) is 9. The van der Waals surface area contributed by atoms with Gasteiger partial charge in [0.25, 0.3) is 5.91 Å². The van der Waals surface area contributed by atoms with Crippen molar-refractivity contribution in [1.82, 2.24) is 20.5 Å². The Morgan fingerprint density at radius 1 is 0.976 bits per heavy atom. The minimum atomic E-state index is -3.48. The normalized spacial score (nSPS) is 17.4. The minimum Gasteiger partial charge on any atom is -0.370 e. The van der Waals surface area contributed by atoms with Gasteiger partial charge in [-0.15, -0.1) is 5.48 Å². The number of para-hydroxylation sites is 1. The number of benzene rings is 2. The van der Waals surface area contributed by atoms with Crippen LogP contribution in [0, 0.1) is 0 Å². The van der Waals surface area contributed by atoms with Crippen LogP contribution in [0.1, 0.15) is 56.1 Å². The van der Waals surface area contributed by atoms with Crippen LogP contribution in [0.5, 0.6) is 0 Å². The van der Waals surface area contributed by atoms with E-state index in [1.165, 1.54) is 6.07 Å². The topological polar surface area (TPSA) is 156 Å². The van der Waals surface area contributed by atoms with Crippen molar-refractivity contribution in [3.63, 3.8) is 0 Å². The molecule has 42 heavy (non-hydrogen) atoms. The molecule has 11 nitrogen and oxygen atoms in total. The molecule has 0 unspecified atom stereocenters. The Morgan fingerprint density at radius 2 is 1.69 bits per heavy atom. The Balaban J connectivity index is 1.25. The number of ether oxygens (including phenoxy) is 1. The van der Waals surface area contributed by atoms with Gasteiger partial charge in [-0.05, 0) is 51.3 Å². The van der Waals surface area contributed by atoms with Crippen LogP contribution in [0.15, 0.2) is 66.7 Å². The average Bonchev–Trinajstić information content (AvgIpc) is 3.72. The summed E-state index contributed by atoms with van der Waals surface area (Å²) in [6.45, 7) is 5.33. The third kappa shape index (κ3) is 9.69. The van der Waals surface area contributed by atoms with Gasteiger partial charge in [-0.1, -0.05) is 54.6 Å². The highest BCUT2D eigenvalue weighted by Crippen LogP contribution is 2.30. The molecule has 12 heteroatoms. The second kappa shape index (κ2) is 13.5. The zero-order valence-electron chi connectivity index (χ0n) is 23.8. The first-order valence-electron chi connectivity index (χ1n) is 13.7. The number of carbonyl (C=O) groups is 3. The molecular weight excluding hydrogens is 560 g/mol. The fourth-order valence-corrected chi connectivity index (χ4v) is 6.06. The van der Waals surface area contributed by atoms with E-state index in [1.807, 2.05) is 42.5 Å². The van der Waals surface area contributed by atoms with Crippen molar-refractivity contribution in [1.29, 1.82) is 0 Å². The maximum atomic E-state index is 12.4. The first-order chi connectivity index (χ1) is 19.9. The summed E-state index contributed by atoms with van der Waals surface area (Å²) in [6.07, 6.45) is -0.446. The number of epoxide rings is 1. The van der Waals surface area contributed by atoms with Gasteiger partial charge in [-0.25, -0.2) is 18.1 Å². The molecule has 0 aliphatic carbocycles. The molecule has 224 valence electrons. The van der Waals surface area contributed by atoms with Crippen LogP contribution < -0.4 is 15.5 Å². The predicted molar refractivity (Wildman–Crippen MR) is 157 cm³/mol. The van der Waals surface area contributed by atoms with E-state index >= 15 is 0 Å². The van der Waals surface area contributed by atoms with Crippen molar-refractivity contribution in [3.05, 3.63) is 78.0 Å². The van der Waals surface area contributed by atoms with Gasteiger partial charge in [-0.2, -0.15) is 0 Å². The predicted octanol–water partition coefficient (Wildman–Crippen LogP) is 2.81. The molecule has 2 aromatic carbocycles. The van der Waals surface area contributed by atoms with Gasteiger partial charge < -0.3 is 9.57 Å². The molecule has 3 N–H and O–H groups in total. The number of rotatable bonds is 13. The molecule has 2 amide bonds. The summed E-state index contributed by atoms with van der Waals surface area (Å²) in [5.74, 6) is -2.07. The van der Waals surface area contributed by atoms with Crippen LogP contribution in [-0.4, -0.2) is 60.7 Å². The number of nitrogens with zero attached hydrogens (tertiary/aromatic N) is 1. The van der Waals surface area contributed by atoms with Crippen LogP contribution in [-0.2, 0) is 35.6 Å². The fraction of sp³-hybridized carbons (Fsp3) is 0.400. The second-order valence-corrected chi connectivity index (χ2v) is 13.1. The van der Waals surface area contributed by atoms with E-state index in [9.17, 15) is 22.8 Å². The summed E-state index contributed by atoms with van der Waals surface area (Å²) in [7, 11) is -3.48. The number of sulfonamides is 1. The quantitative estimate of drug-likeness (QED) is 0.199. The number of carbonyl (C=O) groups excluding carboxylic acids is 3. The number of imide groups is 1. The van der Waals surface area contributed by atoms with Crippen molar-refractivity contribution in [2.75, 3.05) is 5.75 Å². The van der Waals surface area contributed by atoms with Crippen molar-refractivity contribution in [3.8, 4) is 0 Å². The first kappa shape index (κ1) is 31.2. The summed E-state index contributed by atoms with van der Waals surface area (Å²) in [5.41, 5.74) is 3.87. The largest absolute Gasteiger partial charge is 0.370 e. The number of amides is 2. The van der Waals surface area contributed by atoms with Crippen LogP contribution in [0.25, 0.3) is 10.9 Å². The van der Waals surface area contributed by atoms with Gasteiger partial charge in [-0.3, -0.25) is 19.7 Å². The Hall–Kier alpha value is -3.71. The van der Waals surface area contributed by atoms with E-state index < -0.39 is 39.4 Å². The third-order valence-electron chi connectivity index (χ3n) is 6.41. The van der Waals surface area contributed by atoms with Gasteiger partial charge >= 0.3 is 5.97 Å². The molecule has 1 aliphatic heterocycles. The molecule has 3 aromatic rings. The monoisotopic (exact) mass is 596 g/mol. The molecule has 0 saturated carbocycles. The van der Waals surface area contributed by atoms with Gasteiger partial charge in [0.1, 0.15) is 11.8 Å². The van der Waals surface area contributed by atoms with Crippen LogP contribution in [0.2, 0.25) is 0 Å². The van der Waals surface area contributed by atoms with Crippen LogP contribution in [0.4, 0.5) is 0 Å². The van der Waals surface area contributed by atoms with Gasteiger partial charge in [0.05, 0.1) is 29.8 Å². The Labute approximate surface area is 245 Å². The van der Waals surface area contributed by atoms with Gasteiger partial charge in [0, 0.05) is 17.3 Å². The van der Waals surface area contributed by atoms with Gasteiger partial charge in [0.2, 0.25) is 15.9 Å². The molecule has 3 atom stereocenters. The number of nitrogens with one attached hydrogen (secondary N) is 3. The molecule has 4 rings (SSSR count). The SMILES string of the molecule is CC(C)(C)NS(=O)(=O)CC[C@@H]1O[C@@H]1[C@H](Cc1ccccc1)NOC(=O)CCC(=O)NC(=O)c1ccc2ccccc2n1. The maximum Gasteiger partial charge on any atom is 0.325 e. The van der Waals surface area contributed by atoms with E-state index in [0.29, 0.717) is 11.9 Å². The Morgan fingerprint density at radius 3 is 2.43 bits per heavy atom. The number of fused-ring (bicyclic) bond motifs is 1. The number of hydrogen-bond donors (Lipinski definition) is 3. The summed E-state index contributed by atoms with van der Waals surface area (Å²) < 4.78 is 33.2. The molecule has 1 fully saturated rings. The average molecular weight is 597 g/mol. The highest BCUT2D eigenvalue weighted by molar-refractivity contribution is 7.89. The van der Waals surface area contributed by atoms with E-state index in [0.717, 1.165) is 10.9 Å². The van der Waals surface area contributed by atoms with E-state index in [-0.39, 0.29) is 42.9 Å².